The van der Waals surface area contributed by atoms with Crippen molar-refractivity contribution in [3.05, 3.63) is 59.7 Å². The Bertz CT molecular complexity index is 2200. The molecule has 0 radical (unpaired) electrons. The number of aliphatic carboxylic acids is 1. The van der Waals surface area contributed by atoms with Gasteiger partial charge in [0.1, 0.15) is 36.8 Å². The summed E-state index contributed by atoms with van der Waals surface area (Å²) in [5.41, 5.74) is 4.27. The Hall–Kier alpha value is -6.08. The summed E-state index contributed by atoms with van der Waals surface area (Å²) in [4.78, 5) is 117. The van der Waals surface area contributed by atoms with E-state index in [2.05, 4.69) is 10.6 Å². The second kappa shape index (κ2) is 20.8. The molecule has 0 spiro atoms. The molecule has 8 rings (SSSR count). The maximum absolute atomic E-state index is 14.9. The average molecular weight is 928 g/mol. The smallest absolute Gasteiger partial charge is 0.410 e. The molecule has 19 heteroatoms. The van der Waals surface area contributed by atoms with Gasteiger partial charge in [-0.25, -0.2) is 9.59 Å². The molecule has 5 aliphatic heterocycles. The van der Waals surface area contributed by atoms with Crippen LogP contribution in [0.1, 0.15) is 81.3 Å². The molecule has 7 atom stereocenters. The molecule has 360 valence electrons. The number of methoxy groups -OCH3 is 2. The summed E-state index contributed by atoms with van der Waals surface area (Å²) in [7, 11) is 2.95. The molecule has 0 aromatic heterocycles. The van der Waals surface area contributed by atoms with Crippen molar-refractivity contribution < 1.29 is 57.7 Å². The molecule has 2 aromatic carbocycles. The van der Waals surface area contributed by atoms with Crippen LogP contribution >= 0.6 is 0 Å². The number of carboxylic acid groups (broad SMARTS) is 1. The minimum absolute atomic E-state index is 0.0107. The number of amides is 7. The zero-order chi connectivity index (χ0) is 47.4. The SMILES string of the molecule is COCCC(=O)N[C@H]1C[C@@H](C(=O)N2CCC[C@H]2C(=O)N2C[C@@H](NC(=O)CCOC)C[C@H]2C(=O)N2CCC[C@H]2C(=O)O)N(C(=O)[C@@H]2CCCN2C(=O)OCC2c3ccccc3-c3ccccc32)C1. The fourth-order valence-corrected chi connectivity index (χ4v) is 11.1. The fourth-order valence-electron chi connectivity index (χ4n) is 11.1. The van der Waals surface area contributed by atoms with Crippen molar-refractivity contribution in [1.82, 2.24) is 35.1 Å². The van der Waals surface area contributed by atoms with Gasteiger partial charge in [0, 0.05) is 77.8 Å². The first kappa shape index (κ1) is 47.4. The van der Waals surface area contributed by atoms with Crippen LogP contribution < -0.4 is 10.6 Å². The van der Waals surface area contributed by atoms with E-state index in [-0.39, 0.29) is 109 Å². The van der Waals surface area contributed by atoms with Gasteiger partial charge in [-0.1, -0.05) is 48.5 Å². The normalized spacial score (nSPS) is 25.6. The molecule has 2 aromatic rings. The van der Waals surface area contributed by atoms with E-state index in [1.54, 1.807) is 0 Å². The molecule has 6 aliphatic rings. The number of ether oxygens (including phenoxy) is 3. The van der Waals surface area contributed by atoms with Crippen molar-refractivity contribution >= 4 is 47.5 Å². The summed E-state index contributed by atoms with van der Waals surface area (Å²) in [6, 6.07) is 9.61. The van der Waals surface area contributed by atoms with Gasteiger partial charge in [0.25, 0.3) is 0 Å². The van der Waals surface area contributed by atoms with Crippen LogP contribution in [0.4, 0.5) is 4.79 Å². The van der Waals surface area contributed by atoms with Crippen LogP contribution in [0.25, 0.3) is 11.1 Å². The van der Waals surface area contributed by atoms with Crippen molar-refractivity contribution in [3.63, 3.8) is 0 Å². The number of fused-ring (bicyclic) bond motifs is 3. The van der Waals surface area contributed by atoms with E-state index in [0.29, 0.717) is 25.7 Å². The first-order valence-electron chi connectivity index (χ1n) is 23.5. The van der Waals surface area contributed by atoms with Crippen molar-refractivity contribution in [2.75, 3.05) is 66.8 Å². The number of carbonyl (C=O) groups excluding carboxylic acids is 7. The topological polar surface area (TPSA) is 225 Å². The number of likely N-dealkylation sites (tertiary alicyclic amines) is 5. The molecule has 5 saturated heterocycles. The summed E-state index contributed by atoms with van der Waals surface area (Å²) in [6.45, 7) is 1.03. The third-order valence-corrected chi connectivity index (χ3v) is 14.3. The minimum atomic E-state index is -1.14. The summed E-state index contributed by atoms with van der Waals surface area (Å²) in [5.74, 6) is -3.98. The minimum Gasteiger partial charge on any atom is -0.480 e. The summed E-state index contributed by atoms with van der Waals surface area (Å²) in [6.07, 6.45) is 1.96. The Morgan fingerprint density at radius 2 is 0.985 bits per heavy atom. The molecule has 0 saturated carbocycles. The van der Waals surface area contributed by atoms with Crippen molar-refractivity contribution in [1.29, 1.82) is 0 Å². The number of hydrogen-bond donors (Lipinski definition) is 3. The predicted molar refractivity (Wildman–Crippen MR) is 239 cm³/mol. The van der Waals surface area contributed by atoms with E-state index < -0.39 is 78.0 Å². The summed E-state index contributed by atoms with van der Waals surface area (Å²) in [5, 5.41) is 15.7. The lowest BCUT2D eigenvalue weighted by molar-refractivity contribution is -0.154. The number of hydrogen-bond acceptors (Lipinski definition) is 11. The largest absolute Gasteiger partial charge is 0.480 e. The standard InChI is InChI=1S/C48H61N7O12/c1-65-22-17-41(56)49-29-24-39(55(27-29)44(59)37-15-8-21-53(37)48(64)67-28-35-33-12-5-3-10-31(33)32-11-4-6-13-34(32)35)45(60)51-19-7-14-36(51)43(58)54-26-30(50-42(57)18-23-66-2)25-40(54)46(61)52-20-9-16-38(52)47(62)63/h3-6,10-13,29-30,35-40H,7-9,14-28H2,1-2H3,(H,49,56)(H,50,57)(H,62,63)/t29-,30-,36-,37-,38-,39-,40-/m0/s1. The molecule has 0 bridgehead atoms. The predicted octanol–water partition coefficient (Wildman–Crippen LogP) is 1.71. The van der Waals surface area contributed by atoms with Crippen LogP contribution in [0.2, 0.25) is 0 Å². The van der Waals surface area contributed by atoms with E-state index >= 15 is 0 Å². The van der Waals surface area contributed by atoms with Crippen molar-refractivity contribution in [3.8, 4) is 11.1 Å². The van der Waals surface area contributed by atoms with Crippen molar-refractivity contribution in [2.24, 2.45) is 0 Å². The summed E-state index contributed by atoms with van der Waals surface area (Å²) < 4.78 is 16.1. The van der Waals surface area contributed by atoms with Gasteiger partial charge in [0.15, 0.2) is 0 Å². The van der Waals surface area contributed by atoms with E-state index in [4.69, 9.17) is 14.2 Å². The zero-order valence-corrected chi connectivity index (χ0v) is 38.1. The van der Waals surface area contributed by atoms with Gasteiger partial charge < -0.3 is 49.6 Å². The van der Waals surface area contributed by atoms with Gasteiger partial charge in [0.2, 0.25) is 35.4 Å². The van der Waals surface area contributed by atoms with Gasteiger partial charge in [-0.2, -0.15) is 0 Å². The molecular formula is C48H61N7O12. The van der Waals surface area contributed by atoms with Gasteiger partial charge in [-0.3, -0.25) is 33.7 Å². The highest BCUT2D eigenvalue weighted by Gasteiger charge is 2.52. The number of rotatable bonds is 15. The van der Waals surface area contributed by atoms with Crippen LogP contribution in [0.3, 0.4) is 0 Å². The first-order valence-corrected chi connectivity index (χ1v) is 23.5. The second-order valence-corrected chi connectivity index (χ2v) is 18.4. The lowest BCUT2D eigenvalue weighted by Gasteiger charge is -2.36. The van der Waals surface area contributed by atoms with Crippen LogP contribution in [0, 0.1) is 0 Å². The number of nitrogens with one attached hydrogen (secondary N) is 2. The van der Waals surface area contributed by atoms with Gasteiger partial charge in [-0.05, 0) is 73.6 Å². The second-order valence-electron chi connectivity index (χ2n) is 18.4. The highest BCUT2D eigenvalue weighted by atomic mass is 16.6. The third-order valence-electron chi connectivity index (χ3n) is 14.3. The molecule has 1 aliphatic carbocycles. The van der Waals surface area contributed by atoms with Crippen LogP contribution in [0.5, 0.6) is 0 Å². The third kappa shape index (κ3) is 9.84. The Labute approximate surface area is 389 Å². The molecule has 19 nitrogen and oxygen atoms in total. The Morgan fingerprint density at radius 3 is 1.46 bits per heavy atom. The molecule has 5 fully saturated rings. The molecule has 0 unspecified atom stereocenters. The number of carboxylic acids is 1. The van der Waals surface area contributed by atoms with Gasteiger partial charge in [-0.15, -0.1) is 0 Å². The fraction of sp³-hybridized carbons (Fsp3) is 0.583. The molecule has 3 N–H and O–H groups in total. The monoisotopic (exact) mass is 927 g/mol. The lowest BCUT2D eigenvalue weighted by atomic mass is 9.98. The van der Waals surface area contributed by atoms with Gasteiger partial charge >= 0.3 is 12.1 Å². The molecule has 5 heterocycles. The average Bonchev–Trinajstić information content (AvgIpc) is 4.20. The number of carbonyl (C=O) groups is 8. The Balaban J connectivity index is 0.997. The van der Waals surface area contributed by atoms with E-state index in [9.17, 15) is 43.5 Å². The maximum Gasteiger partial charge on any atom is 0.410 e. The molecule has 7 amide bonds. The molecule has 67 heavy (non-hydrogen) atoms. The van der Waals surface area contributed by atoms with Crippen LogP contribution in [-0.2, 0) is 47.8 Å². The van der Waals surface area contributed by atoms with E-state index in [1.807, 2.05) is 48.5 Å². The number of benzene rings is 2. The lowest BCUT2D eigenvalue weighted by Crippen LogP contribution is -2.58. The Morgan fingerprint density at radius 1 is 0.567 bits per heavy atom. The van der Waals surface area contributed by atoms with Crippen molar-refractivity contribution in [2.45, 2.75) is 112 Å². The van der Waals surface area contributed by atoms with E-state index in [0.717, 1.165) is 22.3 Å². The quantitative estimate of drug-likeness (QED) is 0.232. The van der Waals surface area contributed by atoms with Crippen LogP contribution in [0.15, 0.2) is 48.5 Å². The first-order chi connectivity index (χ1) is 32.4. The highest BCUT2D eigenvalue weighted by molar-refractivity contribution is 5.97. The van der Waals surface area contributed by atoms with Gasteiger partial charge in [0.05, 0.1) is 13.2 Å². The highest BCUT2D eigenvalue weighted by Crippen LogP contribution is 2.45. The Kier molecular flexibility index (Phi) is 14.7. The zero-order valence-electron chi connectivity index (χ0n) is 38.1. The van der Waals surface area contributed by atoms with Crippen LogP contribution in [-0.4, -0.2) is 186 Å². The summed E-state index contributed by atoms with van der Waals surface area (Å²) >= 11 is 0. The van der Waals surface area contributed by atoms with E-state index in [1.165, 1.54) is 38.7 Å². The maximum atomic E-state index is 14.9. The molecular weight excluding hydrogens is 867 g/mol. The number of nitrogens with zero attached hydrogens (tertiary/aromatic N) is 5.